The second-order valence-corrected chi connectivity index (χ2v) is 5.20. The maximum Gasteiger partial charge on any atom is 0.415 e. The summed E-state index contributed by atoms with van der Waals surface area (Å²) in [5.41, 5.74) is -2.05. The fourth-order valence-electron chi connectivity index (χ4n) is 1.32. The summed E-state index contributed by atoms with van der Waals surface area (Å²) in [6.07, 6.45) is -1.93. The number of alkyl halides is 2. The van der Waals surface area contributed by atoms with Crippen molar-refractivity contribution in [1.29, 1.82) is 0 Å². The number of nitro groups is 1. The molecule has 10 nitrogen and oxygen atoms in total. The first kappa shape index (κ1) is 18.7. The first-order valence-electron chi connectivity index (χ1n) is 6.08. The number of hydrogen-bond donors (Lipinski definition) is 2. The lowest BCUT2D eigenvalue weighted by Crippen LogP contribution is -2.19. The number of halogens is 2. The third-order valence-electron chi connectivity index (χ3n) is 2.05. The average Bonchev–Trinajstić information content (AvgIpc) is 2.38. The minimum atomic E-state index is -0.992. The maximum absolute atomic E-state index is 11.4. The molecule has 23 heavy (non-hydrogen) atoms. The molecule has 0 saturated carbocycles. The average molecular weight is 367 g/mol. The summed E-state index contributed by atoms with van der Waals surface area (Å²) in [6, 6.07) is 2.37. The molecule has 1 aromatic heterocycles. The predicted octanol–water partition coefficient (Wildman–Crippen LogP) is 3.26. The topological polar surface area (TPSA) is 133 Å². The third kappa shape index (κ3) is 6.53. The van der Waals surface area contributed by atoms with Crippen molar-refractivity contribution >= 4 is 52.7 Å². The summed E-state index contributed by atoms with van der Waals surface area (Å²) in [4.78, 5) is 36.5. The Morgan fingerprint density at radius 2 is 1.70 bits per heavy atom. The number of aromatic nitrogens is 1. The van der Waals surface area contributed by atoms with Crippen molar-refractivity contribution in [3.05, 3.63) is 22.2 Å². The number of pyridine rings is 1. The van der Waals surface area contributed by atoms with E-state index < -0.39 is 34.1 Å². The normalized spacial score (nSPS) is 12.7. The zero-order chi connectivity index (χ0) is 17.6. The van der Waals surface area contributed by atoms with E-state index in [1.54, 1.807) is 0 Å². The van der Waals surface area contributed by atoms with Crippen LogP contribution in [0.2, 0.25) is 0 Å². The van der Waals surface area contributed by atoms with Gasteiger partial charge in [-0.3, -0.25) is 10.6 Å². The fourth-order valence-corrected chi connectivity index (χ4v) is 1.49. The van der Waals surface area contributed by atoms with Crippen LogP contribution in [0, 0.1) is 10.1 Å². The summed E-state index contributed by atoms with van der Waals surface area (Å²) in [6.45, 7) is 2.80. The highest BCUT2D eigenvalue weighted by atomic mass is 35.5. The van der Waals surface area contributed by atoms with E-state index in [4.69, 9.17) is 23.2 Å². The molecule has 126 valence electrons. The van der Waals surface area contributed by atoms with Crippen molar-refractivity contribution in [3.63, 3.8) is 0 Å². The number of amides is 2. The first-order chi connectivity index (χ1) is 10.7. The Labute approximate surface area is 140 Å². The molecule has 0 bridgehead atoms. The Kier molecular flexibility index (Phi) is 6.79. The molecule has 0 saturated heterocycles. The lowest BCUT2D eigenvalue weighted by Gasteiger charge is -2.09. The van der Waals surface area contributed by atoms with Gasteiger partial charge in [0.05, 0.1) is 0 Å². The van der Waals surface area contributed by atoms with Gasteiger partial charge in [0, 0.05) is 6.07 Å². The second-order valence-electron chi connectivity index (χ2n) is 3.97. The van der Waals surface area contributed by atoms with Gasteiger partial charge in [-0.15, -0.1) is 0 Å². The lowest BCUT2D eigenvalue weighted by molar-refractivity contribution is -0.388. The van der Waals surface area contributed by atoms with Crippen molar-refractivity contribution in [2.45, 2.75) is 25.0 Å². The van der Waals surface area contributed by atoms with Gasteiger partial charge in [-0.1, -0.05) is 23.2 Å². The van der Waals surface area contributed by atoms with Gasteiger partial charge in [0.25, 0.3) is 5.82 Å². The number of hydrogen-bond acceptors (Lipinski definition) is 7. The fraction of sp³-hybridized carbons (Fsp3) is 0.364. The highest BCUT2D eigenvalue weighted by molar-refractivity contribution is 6.20. The Morgan fingerprint density at radius 1 is 1.17 bits per heavy atom. The van der Waals surface area contributed by atoms with Crippen LogP contribution in [0.1, 0.15) is 13.8 Å². The van der Waals surface area contributed by atoms with Crippen LogP contribution >= 0.6 is 23.2 Å². The first-order valence-corrected chi connectivity index (χ1v) is 6.95. The van der Waals surface area contributed by atoms with E-state index in [1.807, 2.05) is 0 Å². The van der Waals surface area contributed by atoms with E-state index in [0.29, 0.717) is 0 Å². The van der Waals surface area contributed by atoms with E-state index in [0.717, 1.165) is 6.07 Å². The molecule has 2 amide bonds. The molecule has 12 heteroatoms. The zero-order valence-corrected chi connectivity index (χ0v) is 13.4. The molecule has 0 fully saturated rings. The smallest absolute Gasteiger partial charge is 0.415 e. The van der Waals surface area contributed by atoms with Gasteiger partial charge in [0.1, 0.15) is 5.69 Å². The van der Waals surface area contributed by atoms with Gasteiger partial charge < -0.3 is 19.6 Å². The van der Waals surface area contributed by atoms with Crippen LogP contribution in [-0.2, 0) is 9.47 Å². The van der Waals surface area contributed by atoms with Gasteiger partial charge in [-0.25, -0.2) is 9.59 Å². The Bertz CT molecular complexity index is 610. The number of nitrogens with one attached hydrogen (secondary N) is 2. The highest BCUT2D eigenvalue weighted by Crippen LogP contribution is 2.24. The van der Waals surface area contributed by atoms with E-state index in [1.165, 1.54) is 19.9 Å². The van der Waals surface area contributed by atoms with Crippen LogP contribution < -0.4 is 10.6 Å². The number of carbonyl (C=O) groups excluding carboxylic acids is 2. The third-order valence-corrected chi connectivity index (χ3v) is 2.23. The zero-order valence-electron chi connectivity index (χ0n) is 11.9. The molecule has 2 N–H and O–H groups in total. The molecule has 1 rings (SSSR count). The molecule has 0 aromatic carbocycles. The van der Waals surface area contributed by atoms with E-state index in [9.17, 15) is 19.7 Å². The van der Waals surface area contributed by atoms with Gasteiger partial charge >= 0.3 is 18.0 Å². The number of anilines is 2. The quantitative estimate of drug-likeness (QED) is 0.464. The SMILES string of the molecule is CC(Cl)OC(=O)Nc1ccc(NC(=O)OC(C)Cl)c([N+](=O)[O-])n1. The minimum absolute atomic E-state index is 0.163. The second kappa shape index (κ2) is 8.34. The number of carbonyl (C=O) groups is 2. The minimum Gasteiger partial charge on any atom is -0.430 e. The summed E-state index contributed by atoms with van der Waals surface area (Å²) in [5, 5.41) is 15.3. The van der Waals surface area contributed by atoms with Gasteiger partial charge in [0.2, 0.25) is 0 Å². The van der Waals surface area contributed by atoms with Crippen LogP contribution in [0.3, 0.4) is 0 Å². The molecule has 0 aliphatic heterocycles. The monoisotopic (exact) mass is 366 g/mol. The molecule has 0 aliphatic carbocycles. The van der Waals surface area contributed by atoms with Crippen molar-refractivity contribution in [1.82, 2.24) is 4.98 Å². The van der Waals surface area contributed by atoms with Crippen LogP contribution in [0.4, 0.5) is 26.9 Å². The largest absolute Gasteiger partial charge is 0.430 e. The van der Waals surface area contributed by atoms with Crippen molar-refractivity contribution < 1.29 is 24.0 Å². The van der Waals surface area contributed by atoms with Crippen molar-refractivity contribution in [2.75, 3.05) is 10.6 Å². The molecule has 0 aliphatic rings. The van der Waals surface area contributed by atoms with Gasteiger partial charge in [-0.2, -0.15) is 0 Å². The van der Waals surface area contributed by atoms with E-state index in [-0.39, 0.29) is 11.5 Å². The molecule has 1 heterocycles. The lowest BCUT2D eigenvalue weighted by atomic mass is 10.3. The van der Waals surface area contributed by atoms with Crippen LogP contribution in [0.15, 0.2) is 12.1 Å². The van der Waals surface area contributed by atoms with Crippen LogP contribution in [0.5, 0.6) is 0 Å². The molecular formula is C11H12Cl2N4O6. The molecular weight excluding hydrogens is 355 g/mol. The standard InChI is InChI=1S/C11H12Cl2N4O6/c1-5(12)22-10(18)14-7-3-4-8(15-9(7)17(20)21)16-11(19)23-6(2)13/h3-6H,1-2H3,(H,14,18)(H,15,16,19). The molecule has 2 atom stereocenters. The predicted molar refractivity (Wildman–Crippen MR) is 81.7 cm³/mol. The van der Waals surface area contributed by atoms with Gasteiger partial charge in [0.15, 0.2) is 11.1 Å². The summed E-state index contributed by atoms with van der Waals surface area (Å²) < 4.78 is 9.18. The molecule has 0 radical (unpaired) electrons. The number of rotatable bonds is 5. The summed E-state index contributed by atoms with van der Waals surface area (Å²) in [5.74, 6) is -0.871. The summed E-state index contributed by atoms with van der Waals surface area (Å²) in [7, 11) is 0. The maximum atomic E-state index is 11.4. The van der Waals surface area contributed by atoms with E-state index in [2.05, 4.69) is 25.1 Å². The number of ether oxygens (including phenoxy) is 2. The number of nitrogens with zero attached hydrogens (tertiary/aromatic N) is 2. The highest BCUT2D eigenvalue weighted by Gasteiger charge is 2.22. The molecule has 1 aromatic rings. The van der Waals surface area contributed by atoms with Crippen molar-refractivity contribution in [2.24, 2.45) is 0 Å². The Morgan fingerprint density at radius 3 is 2.17 bits per heavy atom. The van der Waals surface area contributed by atoms with Crippen molar-refractivity contribution in [3.8, 4) is 0 Å². The summed E-state index contributed by atoms with van der Waals surface area (Å²) >= 11 is 10.9. The molecule has 0 spiro atoms. The van der Waals surface area contributed by atoms with Crippen LogP contribution in [-0.4, -0.2) is 33.2 Å². The Balaban J connectivity index is 2.92. The van der Waals surface area contributed by atoms with E-state index >= 15 is 0 Å². The Hall–Kier alpha value is -2.33. The van der Waals surface area contributed by atoms with Gasteiger partial charge in [-0.05, 0) is 29.8 Å². The molecule has 2 unspecified atom stereocenters. The van der Waals surface area contributed by atoms with Crippen LogP contribution in [0.25, 0.3) is 0 Å².